The number of rotatable bonds is 6. The molecule has 23 heavy (non-hydrogen) atoms. The van der Waals surface area contributed by atoms with Crippen LogP contribution in [0.3, 0.4) is 0 Å². The molecule has 6 heteroatoms. The van der Waals surface area contributed by atoms with Gasteiger partial charge in [0.1, 0.15) is 5.82 Å². The summed E-state index contributed by atoms with van der Waals surface area (Å²) < 4.78 is 2.03. The van der Waals surface area contributed by atoms with E-state index in [4.69, 9.17) is 0 Å². The maximum atomic E-state index is 4.61. The third-order valence-electron chi connectivity index (χ3n) is 3.34. The fraction of sp³-hybridized carbons (Fsp3) is 0.412. The van der Waals surface area contributed by atoms with Gasteiger partial charge < -0.3 is 20.1 Å². The van der Waals surface area contributed by atoms with Crippen LogP contribution in [0.5, 0.6) is 0 Å². The first-order valence-corrected chi connectivity index (χ1v) is 7.84. The van der Waals surface area contributed by atoms with Gasteiger partial charge in [0.05, 0.1) is 18.8 Å². The standard InChI is InChI=1S/C17H26N6/c1-5-18-17(19-11-14-9-10-23(4)13-14)20-12-15-7-6-8-16(21-15)22(2)3/h6-10,13H,5,11-12H2,1-4H3,(H2,18,19,20). The summed E-state index contributed by atoms with van der Waals surface area (Å²) in [6.45, 7) is 4.18. The topological polar surface area (TPSA) is 57.5 Å². The minimum atomic E-state index is 0.641. The maximum Gasteiger partial charge on any atom is 0.191 e. The van der Waals surface area contributed by atoms with Crippen LogP contribution in [-0.2, 0) is 20.1 Å². The molecule has 2 N–H and O–H groups in total. The van der Waals surface area contributed by atoms with E-state index < -0.39 is 0 Å². The minimum Gasteiger partial charge on any atom is -0.363 e. The highest BCUT2D eigenvalue weighted by atomic mass is 15.2. The summed E-state index contributed by atoms with van der Waals surface area (Å²) >= 11 is 0. The lowest BCUT2D eigenvalue weighted by atomic mass is 10.3. The summed E-state index contributed by atoms with van der Waals surface area (Å²) in [7, 11) is 6.00. The molecule has 2 rings (SSSR count). The number of aryl methyl sites for hydroxylation is 1. The molecule has 0 aromatic carbocycles. The molecule has 0 bridgehead atoms. The number of hydrogen-bond donors (Lipinski definition) is 2. The van der Waals surface area contributed by atoms with E-state index in [1.165, 1.54) is 5.56 Å². The number of pyridine rings is 1. The lowest BCUT2D eigenvalue weighted by molar-refractivity contribution is 0.797. The Morgan fingerprint density at radius 3 is 2.74 bits per heavy atom. The number of nitrogens with one attached hydrogen (secondary N) is 2. The van der Waals surface area contributed by atoms with E-state index in [0.717, 1.165) is 24.0 Å². The van der Waals surface area contributed by atoms with Gasteiger partial charge in [0.2, 0.25) is 0 Å². The number of nitrogens with zero attached hydrogens (tertiary/aromatic N) is 4. The smallest absolute Gasteiger partial charge is 0.191 e. The van der Waals surface area contributed by atoms with E-state index in [9.17, 15) is 0 Å². The van der Waals surface area contributed by atoms with Gasteiger partial charge in [-0.05, 0) is 30.7 Å². The molecule has 2 heterocycles. The Balaban J connectivity index is 1.97. The van der Waals surface area contributed by atoms with Crippen molar-refractivity contribution in [1.82, 2.24) is 20.2 Å². The van der Waals surface area contributed by atoms with Crippen molar-refractivity contribution in [2.45, 2.75) is 20.0 Å². The Bertz CT molecular complexity index is 644. The first-order chi connectivity index (χ1) is 11.1. The Labute approximate surface area is 138 Å². The molecule has 0 spiro atoms. The third-order valence-corrected chi connectivity index (χ3v) is 3.34. The quantitative estimate of drug-likeness (QED) is 0.630. The summed E-state index contributed by atoms with van der Waals surface area (Å²) in [5.74, 6) is 1.75. The van der Waals surface area contributed by atoms with Gasteiger partial charge in [-0.2, -0.15) is 0 Å². The van der Waals surface area contributed by atoms with Gasteiger partial charge >= 0.3 is 0 Å². The van der Waals surface area contributed by atoms with Gasteiger partial charge in [-0.15, -0.1) is 0 Å². The van der Waals surface area contributed by atoms with E-state index in [-0.39, 0.29) is 0 Å². The average Bonchev–Trinajstić information content (AvgIpc) is 2.96. The van der Waals surface area contributed by atoms with Crippen molar-refractivity contribution in [3.05, 3.63) is 47.9 Å². The fourth-order valence-electron chi connectivity index (χ4n) is 2.16. The van der Waals surface area contributed by atoms with Crippen molar-refractivity contribution >= 4 is 11.8 Å². The number of aliphatic imine (C=N–C) groups is 1. The zero-order valence-electron chi connectivity index (χ0n) is 14.4. The van der Waals surface area contributed by atoms with Crippen LogP contribution < -0.4 is 15.5 Å². The first kappa shape index (κ1) is 16.9. The van der Waals surface area contributed by atoms with Crippen molar-refractivity contribution in [2.75, 3.05) is 25.5 Å². The van der Waals surface area contributed by atoms with Crippen molar-refractivity contribution in [1.29, 1.82) is 0 Å². The highest BCUT2D eigenvalue weighted by Crippen LogP contribution is 2.07. The number of hydrogen-bond acceptors (Lipinski definition) is 3. The molecule has 0 saturated heterocycles. The van der Waals surface area contributed by atoms with E-state index in [1.54, 1.807) is 0 Å². The second kappa shape index (κ2) is 8.22. The number of aromatic nitrogens is 2. The molecule has 0 atom stereocenters. The lowest BCUT2D eigenvalue weighted by Gasteiger charge is -2.14. The monoisotopic (exact) mass is 314 g/mol. The average molecular weight is 314 g/mol. The first-order valence-electron chi connectivity index (χ1n) is 7.84. The van der Waals surface area contributed by atoms with Crippen molar-refractivity contribution < 1.29 is 0 Å². The van der Waals surface area contributed by atoms with Gasteiger partial charge in [-0.25, -0.2) is 9.98 Å². The molecule has 0 amide bonds. The lowest BCUT2D eigenvalue weighted by Crippen LogP contribution is -2.37. The van der Waals surface area contributed by atoms with Crippen molar-refractivity contribution in [2.24, 2.45) is 12.0 Å². The summed E-state index contributed by atoms with van der Waals surface area (Å²) in [6.07, 6.45) is 4.11. The molecule has 0 radical (unpaired) electrons. The molecule has 6 nitrogen and oxygen atoms in total. The van der Waals surface area contributed by atoms with Gasteiger partial charge in [-0.1, -0.05) is 6.07 Å². The normalized spacial score (nSPS) is 11.4. The summed E-state index contributed by atoms with van der Waals surface area (Å²) in [4.78, 5) is 11.2. The minimum absolute atomic E-state index is 0.641. The number of anilines is 1. The van der Waals surface area contributed by atoms with Crippen molar-refractivity contribution in [3.63, 3.8) is 0 Å². The van der Waals surface area contributed by atoms with Crippen molar-refractivity contribution in [3.8, 4) is 0 Å². The molecule has 0 fully saturated rings. The Hall–Kier alpha value is -2.50. The van der Waals surface area contributed by atoms with E-state index in [0.29, 0.717) is 13.1 Å². The second-order valence-electron chi connectivity index (χ2n) is 5.62. The molecular weight excluding hydrogens is 288 g/mol. The van der Waals surface area contributed by atoms with Gasteiger partial charge in [0, 0.05) is 40.1 Å². The van der Waals surface area contributed by atoms with Gasteiger partial charge in [0.25, 0.3) is 0 Å². The zero-order chi connectivity index (χ0) is 16.7. The van der Waals surface area contributed by atoms with E-state index in [1.807, 2.05) is 55.0 Å². The largest absolute Gasteiger partial charge is 0.363 e. The van der Waals surface area contributed by atoms with Gasteiger partial charge in [-0.3, -0.25) is 0 Å². The third kappa shape index (κ3) is 5.32. The summed E-state index contributed by atoms with van der Waals surface area (Å²) in [5.41, 5.74) is 2.18. The Morgan fingerprint density at radius 1 is 1.26 bits per heavy atom. The van der Waals surface area contributed by atoms with Crippen LogP contribution in [0.25, 0.3) is 0 Å². The van der Waals surface area contributed by atoms with Crippen LogP contribution in [0.4, 0.5) is 5.82 Å². The fourth-order valence-corrected chi connectivity index (χ4v) is 2.16. The highest BCUT2D eigenvalue weighted by molar-refractivity contribution is 5.79. The molecule has 0 aliphatic carbocycles. The van der Waals surface area contributed by atoms with Crippen LogP contribution in [0.1, 0.15) is 18.2 Å². The molecule has 0 aliphatic heterocycles. The SMILES string of the molecule is CCNC(=NCc1ccn(C)c1)NCc1cccc(N(C)C)n1. The molecule has 124 valence electrons. The zero-order valence-corrected chi connectivity index (χ0v) is 14.4. The predicted octanol–water partition coefficient (Wildman–Crippen LogP) is 1.74. The van der Waals surface area contributed by atoms with Crippen LogP contribution in [-0.4, -0.2) is 36.2 Å². The molecule has 0 aliphatic rings. The van der Waals surface area contributed by atoms with Gasteiger partial charge in [0.15, 0.2) is 5.96 Å². The molecule has 0 saturated carbocycles. The second-order valence-corrected chi connectivity index (χ2v) is 5.62. The van der Waals surface area contributed by atoms with Crippen LogP contribution in [0.2, 0.25) is 0 Å². The molecule has 2 aromatic rings. The molecule has 0 unspecified atom stereocenters. The number of guanidine groups is 1. The molecule has 2 aromatic heterocycles. The maximum absolute atomic E-state index is 4.61. The van der Waals surface area contributed by atoms with Crippen LogP contribution in [0, 0.1) is 0 Å². The molecular formula is C17H26N6. The Morgan fingerprint density at radius 2 is 2.09 bits per heavy atom. The van der Waals surface area contributed by atoms with E-state index in [2.05, 4.69) is 39.8 Å². The highest BCUT2D eigenvalue weighted by Gasteiger charge is 2.02. The van der Waals surface area contributed by atoms with Crippen LogP contribution in [0.15, 0.2) is 41.7 Å². The van der Waals surface area contributed by atoms with E-state index >= 15 is 0 Å². The van der Waals surface area contributed by atoms with Crippen LogP contribution >= 0.6 is 0 Å². The summed E-state index contributed by atoms with van der Waals surface area (Å²) in [6, 6.07) is 8.11. The summed E-state index contributed by atoms with van der Waals surface area (Å²) in [5, 5.41) is 6.59. The Kier molecular flexibility index (Phi) is 6.02. The predicted molar refractivity (Wildman–Crippen MR) is 95.6 cm³/mol.